The predicted molar refractivity (Wildman–Crippen MR) is 63.3 cm³/mol. The minimum absolute atomic E-state index is 0.100. The first kappa shape index (κ1) is 11.6. The van der Waals surface area contributed by atoms with E-state index >= 15 is 0 Å². The van der Waals surface area contributed by atoms with E-state index in [4.69, 9.17) is 9.47 Å². The maximum absolute atomic E-state index is 5.90. The highest BCUT2D eigenvalue weighted by atomic mass is 16.7. The Morgan fingerprint density at radius 1 is 1.44 bits per heavy atom. The Bertz CT molecular complexity index is 340. The highest BCUT2D eigenvalue weighted by Gasteiger charge is 2.26. The lowest BCUT2D eigenvalue weighted by molar-refractivity contribution is -0.166. The van der Waals surface area contributed by atoms with Crippen LogP contribution in [0.5, 0.6) is 0 Å². The van der Waals surface area contributed by atoms with E-state index < -0.39 is 0 Å². The van der Waals surface area contributed by atoms with Gasteiger partial charge in [-0.15, -0.1) is 0 Å². The van der Waals surface area contributed by atoms with E-state index in [-0.39, 0.29) is 12.4 Å². The fourth-order valence-corrected chi connectivity index (χ4v) is 2.16. The smallest absolute Gasteiger partial charge is 0.162 e. The molecule has 0 saturated heterocycles. The van der Waals surface area contributed by atoms with Crippen LogP contribution in [0.25, 0.3) is 0 Å². The molecule has 0 amide bonds. The lowest BCUT2D eigenvalue weighted by atomic mass is 9.95. The van der Waals surface area contributed by atoms with Gasteiger partial charge in [-0.3, -0.25) is 0 Å². The Kier molecular flexibility index (Phi) is 3.93. The molecule has 0 radical (unpaired) electrons. The first-order valence-corrected chi connectivity index (χ1v) is 5.75. The van der Waals surface area contributed by atoms with Gasteiger partial charge < -0.3 is 14.8 Å². The average molecular weight is 221 g/mol. The third kappa shape index (κ3) is 2.43. The van der Waals surface area contributed by atoms with Crippen LogP contribution < -0.4 is 5.32 Å². The summed E-state index contributed by atoms with van der Waals surface area (Å²) in [7, 11) is 3.66. The number of nitrogens with one attached hydrogen (secondary N) is 1. The molecule has 2 rings (SSSR count). The summed E-state index contributed by atoms with van der Waals surface area (Å²) in [6, 6.07) is 8.46. The van der Waals surface area contributed by atoms with Crippen molar-refractivity contribution in [3.8, 4) is 0 Å². The first-order chi connectivity index (χ1) is 7.85. The number of benzene rings is 1. The maximum Gasteiger partial charge on any atom is 0.162 e. The number of rotatable bonds is 4. The van der Waals surface area contributed by atoms with Crippen molar-refractivity contribution < 1.29 is 9.47 Å². The summed E-state index contributed by atoms with van der Waals surface area (Å²) >= 11 is 0. The van der Waals surface area contributed by atoms with Crippen LogP contribution in [0.1, 0.15) is 23.7 Å². The highest BCUT2D eigenvalue weighted by Crippen LogP contribution is 2.32. The van der Waals surface area contributed by atoms with Crippen molar-refractivity contribution in [2.45, 2.75) is 25.2 Å². The van der Waals surface area contributed by atoms with Gasteiger partial charge in [-0.05, 0) is 31.1 Å². The van der Waals surface area contributed by atoms with Gasteiger partial charge in [-0.2, -0.15) is 0 Å². The van der Waals surface area contributed by atoms with Gasteiger partial charge in [-0.1, -0.05) is 24.3 Å². The number of methoxy groups -OCH3 is 1. The lowest BCUT2D eigenvalue weighted by Gasteiger charge is -2.31. The van der Waals surface area contributed by atoms with Crippen molar-refractivity contribution in [1.29, 1.82) is 0 Å². The molecule has 0 aliphatic carbocycles. The Hall–Kier alpha value is -0.900. The molecular weight excluding hydrogens is 202 g/mol. The Labute approximate surface area is 96.8 Å². The van der Waals surface area contributed by atoms with Gasteiger partial charge in [0.1, 0.15) is 0 Å². The van der Waals surface area contributed by atoms with Crippen LogP contribution in [0.4, 0.5) is 0 Å². The molecule has 88 valence electrons. The quantitative estimate of drug-likeness (QED) is 0.842. The zero-order valence-electron chi connectivity index (χ0n) is 9.90. The minimum Gasteiger partial charge on any atom is -0.356 e. The topological polar surface area (TPSA) is 30.5 Å². The van der Waals surface area contributed by atoms with Crippen LogP contribution >= 0.6 is 0 Å². The van der Waals surface area contributed by atoms with E-state index in [1.165, 1.54) is 11.1 Å². The fourth-order valence-electron chi connectivity index (χ4n) is 2.16. The van der Waals surface area contributed by atoms with E-state index in [9.17, 15) is 0 Å². The van der Waals surface area contributed by atoms with Crippen LogP contribution in [0.3, 0.4) is 0 Å². The van der Waals surface area contributed by atoms with E-state index in [2.05, 4.69) is 29.6 Å². The van der Waals surface area contributed by atoms with Crippen molar-refractivity contribution in [2.24, 2.45) is 0 Å². The van der Waals surface area contributed by atoms with Gasteiger partial charge in [0.2, 0.25) is 0 Å². The molecule has 1 aliphatic heterocycles. The molecule has 16 heavy (non-hydrogen) atoms. The third-order valence-corrected chi connectivity index (χ3v) is 3.02. The highest BCUT2D eigenvalue weighted by molar-refractivity contribution is 5.31. The largest absolute Gasteiger partial charge is 0.356 e. The van der Waals surface area contributed by atoms with Crippen molar-refractivity contribution in [1.82, 2.24) is 5.32 Å². The molecule has 1 heterocycles. The summed E-state index contributed by atoms with van der Waals surface area (Å²) in [5.41, 5.74) is 2.66. The zero-order valence-corrected chi connectivity index (χ0v) is 9.90. The molecule has 0 spiro atoms. The predicted octanol–water partition coefficient (Wildman–Crippen LogP) is 1.88. The minimum atomic E-state index is -0.100. The molecule has 2 atom stereocenters. The Morgan fingerprint density at radius 2 is 2.25 bits per heavy atom. The van der Waals surface area contributed by atoms with Crippen molar-refractivity contribution >= 4 is 0 Å². The normalized spacial score (nSPS) is 24.1. The summed E-state index contributed by atoms with van der Waals surface area (Å²) in [5.74, 6) is 0. The van der Waals surface area contributed by atoms with Crippen LogP contribution in [0, 0.1) is 0 Å². The number of hydrogen-bond acceptors (Lipinski definition) is 3. The van der Waals surface area contributed by atoms with Crippen molar-refractivity contribution in [3.63, 3.8) is 0 Å². The SMILES string of the molecule is CNCCC1OC(OC)Cc2ccccc21. The van der Waals surface area contributed by atoms with Gasteiger partial charge in [0.25, 0.3) is 0 Å². The monoisotopic (exact) mass is 221 g/mol. The van der Waals surface area contributed by atoms with Crippen LogP contribution in [-0.4, -0.2) is 27.0 Å². The molecule has 1 aromatic carbocycles. The molecule has 2 unspecified atom stereocenters. The molecular formula is C13H19NO2. The summed E-state index contributed by atoms with van der Waals surface area (Å²) < 4.78 is 11.2. The molecule has 3 heteroatoms. The molecule has 3 nitrogen and oxygen atoms in total. The van der Waals surface area contributed by atoms with Gasteiger partial charge >= 0.3 is 0 Å². The summed E-state index contributed by atoms with van der Waals surface area (Å²) in [5, 5.41) is 3.16. The molecule has 0 saturated carbocycles. The standard InChI is InChI=1S/C13H19NO2/c1-14-8-7-12-11-6-4-3-5-10(11)9-13(15-2)16-12/h3-6,12-14H,7-9H2,1-2H3. The van der Waals surface area contributed by atoms with Gasteiger partial charge in [0, 0.05) is 13.5 Å². The first-order valence-electron chi connectivity index (χ1n) is 5.75. The Morgan fingerprint density at radius 3 is 3.00 bits per heavy atom. The number of fused-ring (bicyclic) bond motifs is 1. The molecule has 1 N–H and O–H groups in total. The van der Waals surface area contributed by atoms with Gasteiger partial charge in [0.15, 0.2) is 6.29 Å². The number of hydrogen-bond donors (Lipinski definition) is 1. The summed E-state index contributed by atoms with van der Waals surface area (Å²) in [6.45, 7) is 0.954. The molecule has 0 bridgehead atoms. The summed E-state index contributed by atoms with van der Waals surface area (Å²) in [4.78, 5) is 0. The lowest BCUT2D eigenvalue weighted by Crippen LogP contribution is -2.29. The van der Waals surface area contributed by atoms with E-state index in [0.29, 0.717) is 0 Å². The second kappa shape index (κ2) is 5.43. The maximum atomic E-state index is 5.90. The molecule has 0 fully saturated rings. The number of ether oxygens (including phenoxy) is 2. The zero-order chi connectivity index (χ0) is 11.4. The van der Waals surface area contributed by atoms with Crippen LogP contribution in [-0.2, 0) is 15.9 Å². The van der Waals surface area contributed by atoms with Crippen LogP contribution in [0.15, 0.2) is 24.3 Å². The second-order valence-electron chi connectivity index (χ2n) is 4.09. The molecule has 0 aromatic heterocycles. The van der Waals surface area contributed by atoms with E-state index in [0.717, 1.165) is 19.4 Å². The van der Waals surface area contributed by atoms with Gasteiger partial charge in [-0.25, -0.2) is 0 Å². The van der Waals surface area contributed by atoms with Crippen LogP contribution in [0.2, 0.25) is 0 Å². The van der Waals surface area contributed by atoms with Gasteiger partial charge in [0.05, 0.1) is 6.10 Å². The average Bonchev–Trinajstić information content (AvgIpc) is 2.35. The van der Waals surface area contributed by atoms with E-state index in [1.54, 1.807) is 7.11 Å². The molecule has 1 aliphatic rings. The Balaban J connectivity index is 2.17. The third-order valence-electron chi connectivity index (χ3n) is 3.02. The van der Waals surface area contributed by atoms with Crippen molar-refractivity contribution in [3.05, 3.63) is 35.4 Å². The molecule has 1 aromatic rings. The van der Waals surface area contributed by atoms with Crippen molar-refractivity contribution in [2.75, 3.05) is 20.7 Å². The fraction of sp³-hybridized carbons (Fsp3) is 0.538. The second-order valence-corrected chi connectivity index (χ2v) is 4.09. The summed E-state index contributed by atoms with van der Waals surface area (Å²) in [6.07, 6.45) is 1.88. The van der Waals surface area contributed by atoms with E-state index in [1.807, 2.05) is 7.05 Å².